The van der Waals surface area contributed by atoms with Gasteiger partial charge in [-0.3, -0.25) is 9.59 Å². The fourth-order valence-corrected chi connectivity index (χ4v) is 2.25. The number of carboxylic acids is 1. The summed E-state index contributed by atoms with van der Waals surface area (Å²) >= 11 is 0. The molecule has 3 N–H and O–H groups in total. The fourth-order valence-electron chi connectivity index (χ4n) is 2.25. The smallest absolute Gasteiger partial charge is 0.311 e. The molecule has 1 aliphatic carbocycles. The minimum atomic E-state index is -0.786. The molecular formula is C12H20N2O3. The van der Waals surface area contributed by atoms with Crippen molar-refractivity contribution in [2.45, 2.75) is 44.6 Å². The van der Waals surface area contributed by atoms with Gasteiger partial charge in [0.1, 0.15) is 0 Å². The van der Waals surface area contributed by atoms with Crippen molar-refractivity contribution in [1.29, 1.82) is 0 Å². The molecule has 2 rings (SSSR count). The van der Waals surface area contributed by atoms with E-state index in [0.29, 0.717) is 12.8 Å². The standard InChI is InChI=1S/C12H20N2O3/c15-10(9-4-2-1-3-7-13-9)14-8-12(5-6-12)11(16)17/h9,13H,1-8H2,(H,14,15)(H,16,17). The van der Waals surface area contributed by atoms with Crippen LogP contribution >= 0.6 is 0 Å². The van der Waals surface area contributed by atoms with Crippen LogP contribution in [0, 0.1) is 5.41 Å². The Bertz CT molecular complexity index is 305. The SMILES string of the molecule is O=C(NCC1(C(=O)O)CC1)C1CCCCCN1. The molecule has 0 radical (unpaired) electrons. The Morgan fingerprint density at radius 1 is 1.29 bits per heavy atom. The Labute approximate surface area is 101 Å². The van der Waals surface area contributed by atoms with E-state index >= 15 is 0 Å². The van der Waals surface area contributed by atoms with Crippen LogP contribution in [0.2, 0.25) is 0 Å². The summed E-state index contributed by atoms with van der Waals surface area (Å²) in [6.45, 7) is 1.15. The van der Waals surface area contributed by atoms with Gasteiger partial charge in [0.25, 0.3) is 0 Å². The van der Waals surface area contributed by atoms with Crippen molar-refractivity contribution in [2.24, 2.45) is 5.41 Å². The van der Waals surface area contributed by atoms with E-state index in [0.717, 1.165) is 32.2 Å². The summed E-state index contributed by atoms with van der Waals surface area (Å²) in [5.41, 5.74) is -0.666. The van der Waals surface area contributed by atoms with E-state index in [1.807, 2.05) is 0 Å². The molecule has 1 saturated carbocycles. The molecule has 0 aromatic heterocycles. The number of aliphatic carboxylic acids is 1. The number of carbonyl (C=O) groups is 2. The quantitative estimate of drug-likeness (QED) is 0.668. The van der Waals surface area contributed by atoms with Gasteiger partial charge in [0.05, 0.1) is 11.5 Å². The van der Waals surface area contributed by atoms with Crippen LogP contribution in [0.15, 0.2) is 0 Å². The second-order valence-corrected chi connectivity index (χ2v) is 5.16. The number of nitrogens with one attached hydrogen (secondary N) is 2. The number of hydrogen-bond donors (Lipinski definition) is 3. The van der Waals surface area contributed by atoms with Gasteiger partial charge in [-0.2, -0.15) is 0 Å². The number of rotatable bonds is 4. The fraction of sp³-hybridized carbons (Fsp3) is 0.833. The average molecular weight is 240 g/mol. The molecule has 0 aromatic rings. The lowest BCUT2D eigenvalue weighted by atomic mass is 10.1. The van der Waals surface area contributed by atoms with Crippen molar-refractivity contribution in [3.05, 3.63) is 0 Å². The Kier molecular flexibility index (Phi) is 3.66. The first-order chi connectivity index (χ1) is 8.14. The van der Waals surface area contributed by atoms with Gasteiger partial charge in [-0.15, -0.1) is 0 Å². The minimum Gasteiger partial charge on any atom is -0.481 e. The highest BCUT2D eigenvalue weighted by molar-refractivity contribution is 5.83. The third-order valence-electron chi connectivity index (χ3n) is 3.79. The molecule has 1 saturated heterocycles. The molecular weight excluding hydrogens is 220 g/mol. The number of carboxylic acid groups (broad SMARTS) is 1. The zero-order valence-corrected chi connectivity index (χ0v) is 10.00. The zero-order valence-electron chi connectivity index (χ0n) is 10.00. The second-order valence-electron chi connectivity index (χ2n) is 5.16. The maximum absolute atomic E-state index is 11.9. The Morgan fingerprint density at radius 2 is 2.06 bits per heavy atom. The molecule has 96 valence electrons. The van der Waals surface area contributed by atoms with Gasteiger partial charge >= 0.3 is 5.97 Å². The van der Waals surface area contributed by atoms with E-state index in [1.165, 1.54) is 0 Å². The van der Waals surface area contributed by atoms with Gasteiger partial charge in [-0.25, -0.2) is 0 Å². The van der Waals surface area contributed by atoms with E-state index < -0.39 is 11.4 Å². The van der Waals surface area contributed by atoms with Crippen molar-refractivity contribution in [3.8, 4) is 0 Å². The van der Waals surface area contributed by atoms with E-state index in [2.05, 4.69) is 10.6 Å². The summed E-state index contributed by atoms with van der Waals surface area (Å²) < 4.78 is 0. The Balaban J connectivity index is 1.78. The summed E-state index contributed by atoms with van der Waals surface area (Å²) in [6, 6.07) is -0.137. The van der Waals surface area contributed by atoms with Crippen LogP contribution < -0.4 is 10.6 Å². The molecule has 0 spiro atoms. The van der Waals surface area contributed by atoms with Crippen LogP contribution in [0.3, 0.4) is 0 Å². The Morgan fingerprint density at radius 3 is 2.71 bits per heavy atom. The van der Waals surface area contributed by atoms with Crippen LogP contribution in [0.5, 0.6) is 0 Å². The van der Waals surface area contributed by atoms with E-state index in [9.17, 15) is 9.59 Å². The number of carbonyl (C=O) groups excluding carboxylic acids is 1. The lowest BCUT2D eigenvalue weighted by Crippen LogP contribution is -2.46. The highest BCUT2D eigenvalue weighted by Gasteiger charge is 2.50. The topological polar surface area (TPSA) is 78.4 Å². The largest absolute Gasteiger partial charge is 0.481 e. The van der Waals surface area contributed by atoms with Crippen LogP contribution in [0.1, 0.15) is 38.5 Å². The molecule has 17 heavy (non-hydrogen) atoms. The molecule has 5 nitrogen and oxygen atoms in total. The molecule has 5 heteroatoms. The maximum atomic E-state index is 11.9. The van der Waals surface area contributed by atoms with Gasteiger partial charge in [0.15, 0.2) is 0 Å². The van der Waals surface area contributed by atoms with Crippen LogP contribution in [0.25, 0.3) is 0 Å². The van der Waals surface area contributed by atoms with Crippen molar-refractivity contribution in [1.82, 2.24) is 10.6 Å². The molecule has 0 aromatic carbocycles. The van der Waals surface area contributed by atoms with Gasteiger partial charge in [-0.05, 0) is 32.2 Å². The second kappa shape index (κ2) is 5.04. The van der Waals surface area contributed by atoms with Gasteiger partial charge < -0.3 is 15.7 Å². The van der Waals surface area contributed by atoms with E-state index in [4.69, 9.17) is 5.11 Å². The van der Waals surface area contributed by atoms with Crippen LogP contribution in [-0.2, 0) is 9.59 Å². The third-order valence-corrected chi connectivity index (χ3v) is 3.79. The van der Waals surface area contributed by atoms with Crippen LogP contribution in [0.4, 0.5) is 0 Å². The molecule has 1 aliphatic heterocycles. The molecule has 1 amide bonds. The van der Waals surface area contributed by atoms with Crippen molar-refractivity contribution in [3.63, 3.8) is 0 Å². The minimum absolute atomic E-state index is 0.0422. The summed E-state index contributed by atoms with van der Waals surface area (Å²) in [4.78, 5) is 22.8. The zero-order chi connectivity index (χ0) is 12.3. The van der Waals surface area contributed by atoms with Crippen LogP contribution in [-0.4, -0.2) is 36.1 Å². The first-order valence-corrected chi connectivity index (χ1v) is 6.39. The summed E-state index contributed by atoms with van der Waals surface area (Å²) in [6.07, 6.45) is 5.56. The lowest BCUT2D eigenvalue weighted by molar-refractivity contribution is -0.143. The third kappa shape index (κ3) is 2.97. The lowest BCUT2D eigenvalue weighted by Gasteiger charge is -2.17. The summed E-state index contributed by atoms with van der Waals surface area (Å²) in [5, 5.41) is 15.0. The molecule has 2 aliphatic rings. The molecule has 1 atom stereocenters. The number of amides is 1. The summed E-state index contributed by atoms with van der Waals surface area (Å²) in [5.74, 6) is -0.828. The van der Waals surface area contributed by atoms with Crippen molar-refractivity contribution < 1.29 is 14.7 Å². The van der Waals surface area contributed by atoms with E-state index in [1.54, 1.807) is 0 Å². The molecule has 1 heterocycles. The predicted octanol–water partition coefficient (Wildman–Crippen LogP) is 0.500. The Hall–Kier alpha value is -1.10. The molecule has 1 unspecified atom stereocenters. The first kappa shape index (κ1) is 12.4. The molecule has 2 fully saturated rings. The van der Waals surface area contributed by atoms with Gasteiger partial charge in [-0.1, -0.05) is 12.8 Å². The van der Waals surface area contributed by atoms with Gasteiger partial charge in [0, 0.05) is 6.54 Å². The van der Waals surface area contributed by atoms with Gasteiger partial charge in [0.2, 0.25) is 5.91 Å². The summed E-state index contributed by atoms with van der Waals surface area (Å²) in [7, 11) is 0. The maximum Gasteiger partial charge on any atom is 0.311 e. The monoisotopic (exact) mass is 240 g/mol. The van der Waals surface area contributed by atoms with Crippen molar-refractivity contribution in [2.75, 3.05) is 13.1 Å². The number of hydrogen-bond acceptors (Lipinski definition) is 3. The normalized spacial score (nSPS) is 26.9. The molecule has 0 bridgehead atoms. The average Bonchev–Trinajstić information content (AvgIpc) is 3.11. The predicted molar refractivity (Wildman–Crippen MR) is 62.6 cm³/mol. The first-order valence-electron chi connectivity index (χ1n) is 6.39. The van der Waals surface area contributed by atoms with Crippen molar-refractivity contribution >= 4 is 11.9 Å². The van der Waals surface area contributed by atoms with E-state index in [-0.39, 0.29) is 18.5 Å². The highest BCUT2D eigenvalue weighted by Crippen LogP contribution is 2.45. The highest BCUT2D eigenvalue weighted by atomic mass is 16.4.